The molecule has 0 saturated carbocycles. The van der Waals surface area contributed by atoms with E-state index in [-0.39, 0.29) is 17.6 Å². The summed E-state index contributed by atoms with van der Waals surface area (Å²) in [5, 5.41) is 3.06. The normalized spacial score (nSPS) is 22.9. The lowest BCUT2D eigenvalue weighted by Gasteiger charge is -2.36. The van der Waals surface area contributed by atoms with Crippen LogP contribution in [-0.4, -0.2) is 37.2 Å². The number of nitrogens with zero attached hydrogens (tertiary/aromatic N) is 1. The second-order valence-corrected chi connectivity index (χ2v) is 5.90. The van der Waals surface area contributed by atoms with Crippen molar-refractivity contribution in [2.75, 3.05) is 20.8 Å². The zero-order valence-corrected chi connectivity index (χ0v) is 12.3. The maximum atomic E-state index is 12.1. The molecule has 2 aliphatic heterocycles. The number of benzene rings is 1. The third-order valence-corrected chi connectivity index (χ3v) is 4.25. The molecule has 1 atom stereocenters. The summed E-state index contributed by atoms with van der Waals surface area (Å²) in [5.74, 6) is 1.46. The molecular formula is C15H20N2O3. The minimum absolute atomic E-state index is 0.0143. The number of amides is 2. The van der Waals surface area contributed by atoms with Crippen LogP contribution in [0.25, 0.3) is 0 Å². The first-order valence-electron chi connectivity index (χ1n) is 6.81. The highest BCUT2D eigenvalue weighted by Gasteiger charge is 2.48. The molecule has 0 aromatic heterocycles. The SMILES string of the molecule is COc1cc2c(cc1OC)[C@H]1N(CC2)C(=O)NC1(C)C. The van der Waals surface area contributed by atoms with Crippen molar-refractivity contribution in [2.24, 2.45) is 0 Å². The number of fused-ring (bicyclic) bond motifs is 3. The lowest BCUT2D eigenvalue weighted by molar-refractivity contribution is 0.190. The first-order chi connectivity index (χ1) is 9.47. The maximum absolute atomic E-state index is 12.1. The van der Waals surface area contributed by atoms with Crippen LogP contribution < -0.4 is 14.8 Å². The Kier molecular flexibility index (Phi) is 2.81. The summed E-state index contributed by atoms with van der Waals surface area (Å²) in [5.41, 5.74) is 2.09. The van der Waals surface area contributed by atoms with E-state index in [9.17, 15) is 4.79 Å². The van der Waals surface area contributed by atoms with E-state index in [1.807, 2.05) is 17.0 Å². The fraction of sp³-hybridized carbons (Fsp3) is 0.533. The van der Waals surface area contributed by atoms with Gasteiger partial charge in [0.1, 0.15) is 0 Å². The van der Waals surface area contributed by atoms with Crippen LogP contribution in [0.2, 0.25) is 0 Å². The number of carbonyl (C=O) groups excluding carboxylic acids is 1. The minimum atomic E-state index is -0.286. The Morgan fingerprint density at radius 3 is 2.55 bits per heavy atom. The molecule has 0 unspecified atom stereocenters. The molecule has 1 fully saturated rings. The number of urea groups is 1. The Balaban J connectivity index is 2.14. The summed E-state index contributed by atoms with van der Waals surface area (Å²) >= 11 is 0. The van der Waals surface area contributed by atoms with Crippen molar-refractivity contribution in [3.05, 3.63) is 23.3 Å². The summed E-state index contributed by atoms with van der Waals surface area (Å²) in [6.07, 6.45) is 0.843. The molecule has 5 heteroatoms. The van der Waals surface area contributed by atoms with Gasteiger partial charge in [0.25, 0.3) is 0 Å². The van der Waals surface area contributed by atoms with E-state index in [0.29, 0.717) is 5.75 Å². The van der Waals surface area contributed by atoms with Crippen molar-refractivity contribution in [2.45, 2.75) is 31.8 Å². The first-order valence-corrected chi connectivity index (χ1v) is 6.81. The first kappa shape index (κ1) is 13.1. The molecule has 2 heterocycles. The zero-order valence-electron chi connectivity index (χ0n) is 12.3. The standard InChI is InChI=1S/C15H20N2O3/c1-15(2)13-10-8-12(20-4)11(19-3)7-9(10)5-6-17(13)14(18)16-15/h7-8,13H,5-6H2,1-4H3,(H,16,18)/t13-/m1/s1. The van der Waals surface area contributed by atoms with Gasteiger partial charge in [-0.05, 0) is 43.5 Å². The zero-order chi connectivity index (χ0) is 14.5. The van der Waals surface area contributed by atoms with Gasteiger partial charge in [0.15, 0.2) is 11.5 Å². The number of hydrogen-bond donors (Lipinski definition) is 1. The van der Waals surface area contributed by atoms with Crippen LogP contribution in [0, 0.1) is 0 Å². The minimum Gasteiger partial charge on any atom is -0.493 e. The van der Waals surface area contributed by atoms with Gasteiger partial charge < -0.3 is 19.7 Å². The molecule has 0 aliphatic carbocycles. The van der Waals surface area contributed by atoms with E-state index in [0.717, 1.165) is 24.3 Å². The topological polar surface area (TPSA) is 50.8 Å². The molecule has 5 nitrogen and oxygen atoms in total. The number of rotatable bonds is 2. The van der Waals surface area contributed by atoms with E-state index < -0.39 is 0 Å². The summed E-state index contributed by atoms with van der Waals surface area (Å²) in [6, 6.07) is 4.09. The fourth-order valence-electron chi connectivity index (χ4n) is 3.36. The molecule has 3 rings (SSSR count). The van der Waals surface area contributed by atoms with Crippen molar-refractivity contribution in [1.29, 1.82) is 0 Å². The van der Waals surface area contributed by atoms with Gasteiger partial charge in [-0.2, -0.15) is 0 Å². The molecule has 1 aromatic carbocycles. The largest absolute Gasteiger partial charge is 0.493 e. The highest BCUT2D eigenvalue weighted by Crippen LogP contribution is 2.44. The quantitative estimate of drug-likeness (QED) is 0.900. The van der Waals surface area contributed by atoms with Crippen LogP contribution in [0.3, 0.4) is 0 Å². The monoisotopic (exact) mass is 276 g/mol. The summed E-state index contributed by atoms with van der Waals surface area (Å²) < 4.78 is 10.8. The molecule has 20 heavy (non-hydrogen) atoms. The predicted molar refractivity (Wildman–Crippen MR) is 75.3 cm³/mol. The molecule has 0 radical (unpaired) electrons. The Bertz CT molecular complexity index is 568. The fourth-order valence-corrected chi connectivity index (χ4v) is 3.36. The van der Waals surface area contributed by atoms with Gasteiger partial charge in [-0.25, -0.2) is 4.79 Å². The van der Waals surface area contributed by atoms with Crippen molar-refractivity contribution < 1.29 is 14.3 Å². The van der Waals surface area contributed by atoms with Gasteiger partial charge in [-0.1, -0.05) is 0 Å². The van der Waals surface area contributed by atoms with E-state index >= 15 is 0 Å². The molecule has 0 bridgehead atoms. The van der Waals surface area contributed by atoms with E-state index in [2.05, 4.69) is 19.2 Å². The van der Waals surface area contributed by atoms with Crippen molar-refractivity contribution in [3.8, 4) is 11.5 Å². The van der Waals surface area contributed by atoms with Crippen molar-refractivity contribution >= 4 is 6.03 Å². The second kappa shape index (κ2) is 4.30. The number of hydrogen-bond acceptors (Lipinski definition) is 3. The van der Waals surface area contributed by atoms with Crippen LogP contribution in [0.5, 0.6) is 11.5 Å². The molecule has 108 valence electrons. The van der Waals surface area contributed by atoms with Crippen LogP contribution in [0.4, 0.5) is 4.79 Å². The number of methoxy groups -OCH3 is 2. The van der Waals surface area contributed by atoms with Gasteiger partial charge in [-0.15, -0.1) is 0 Å². The Hall–Kier alpha value is -1.91. The second-order valence-electron chi connectivity index (χ2n) is 5.90. The smallest absolute Gasteiger partial charge is 0.318 e. The van der Waals surface area contributed by atoms with Gasteiger partial charge in [-0.3, -0.25) is 0 Å². The molecule has 1 aromatic rings. The summed E-state index contributed by atoms with van der Waals surface area (Å²) in [7, 11) is 3.28. The van der Waals surface area contributed by atoms with Gasteiger partial charge in [0.05, 0.1) is 25.8 Å². The van der Waals surface area contributed by atoms with Gasteiger partial charge >= 0.3 is 6.03 Å². The van der Waals surface area contributed by atoms with Crippen LogP contribution in [-0.2, 0) is 6.42 Å². The van der Waals surface area contributed by atoms with E-state index in [4.69, 9.17) is 9.47 Å². The van der Waals surface area contributed by atoms with Crippen molar-refractivity contribution in [3.63, 3.8) is 0 Å². The van der Waals surface area contributed by atoms with E-state index in [1.54, 1.807) is 14.2 Å². The Morgan fingerprint density at radius 2 is 1.90 bits per heavy atom. The Labute approximate surface area is 118 Å². The summed E-state index contributed by atoms with van der Waals surface area (Å²) in [4.78, 5) is 14.0. The predicted octanol–water partition coefficient (Wildman–Crippen LogP) is 2.10. The molecule has 2 aliphatic rings. The Morgan fingerprint density at radius 1 is 1.25 bits per heavy atom. The average molecular weight is 276 g/mol. The van der Waals surface area contributed by atoms with Gasteiger partial charge in [0, 0.05) is 6.54 Å². The molecular weight excluding hydrogens is 256 g/mol. The average Bonchev–Trinajstić information content (AvgIpc) is 2.67. The lowest BCUT2D eigenvalue weighted by atomic mass is 9.83. The highest BCUT2D eigenvalue weighted by molar-refractivity contribution is 5.79. The number of ether oxygens (including phenoxy) is 2. The summed E-state index contributed by atoms with van der Waals surface area (Å²) in [6.45, 7) is 4.85. The van der Waals surface area contributed by atoms with Gasteiger partial charge in [0.2, 0.25) is 0 Å². The van der Waals surface area contributed by atoms with Crippen LogP contribution >= 0.6 is 0 Å². The molecule has 1 N–H and O–H groups in total. The third-order valence-electron chi connectivity index (χ3n) is 4.25. The van der Waals surface area contributed by atoms with Crippen LogP contribution in [0.1, 0.15) is 31.0 Å². The maximum Gasteiger partial charge on any atom is 0.318 e. The molecule has 2 amide bonds. The number of carbonyl (C=O) groups is 1. The molecule has 1 saturated heterocycles. The number of nitrogens with one attached hydrogen (secondary N) is 1. The third kappa shape index (κ3) is 1.72. The highest BCUT2D eigenvalue weighted by atomic mass is 16.5. The van der Waals surface area contributed by atoms with E-state index in [1.165, 1.54) is 5.56 Å². The van der Waals surface area contributed by atoms with Crippen LogP contribution in [0.15, 0.2) is 12.1 Å². The van der Waals surface area contributed by atoms with Crippen molar-refractivity contribution in [1.82, 2.24) is 10.2 Å². The molecule has 0 spiro atoms. The lowest BCUT2D eigenvalue weighted by Crippen LogP contribution is -2.40.